The number of anilines is 1. The number of hydrogen-bond acceptors (Lipinski definition) is 4. The minimum Gasteiger partial charge on any atom is -0.424 e. The number of esters is 1. The van der Waals surface area contributed by atoms with E-state index in [2.05, 4.69) is 12.2 Å². The third-order valence-electron chi connectivity index (χ3n) is 7.29. The number of allylic oxidation sites excluding steroid dienone is 2. The van der Waals surface area contributed by atoms with Gasteiger partial charge in [-0.15, -0.1) is 0 Å². The van der Waals surface area contributed by atoms with E-state index < -0.39 is 11.9 Å². The highest BCUT2D eigenvalue weighted by atomic mass is 16.5. The van der Waals surface area contributed by atoms with Crippen molar-refractivity contribution in [1.29, 1.82) is 0 Å². The van der Waals surface area contributed by atoms with Gasteiger partial charge < -0.3 is 4.74 Å². The summed E-state index contributed by atoms with van der Waals surface area (Å²) in [6.07, 6.45) is 5.00. The first-order chi connectivity index (χ1) is 16.6. The standard InChI is InChI=1S/C29H23NO4/c31-27-25-20-15-16-21(17-20)26(25)28(32)30(27)22-13-7-8-14-23(22)34-29(33)24(18-9-3-1-4-10-18)19-11-5-2-6-12-19/h1-16,20-21,24-26H,17H2. The van der Waals surface area contributed by atoms with Crippen LogP contribution >= 0.6 is 0 Å². The van der Waals surface area contributed by atoms with Crippen LogP contribution in [0.2, 0.25) is 0 Å². The van der Waals surface area contributed by atoms with Gasteiger partial charge in [-0.25, -0.2) is 4.90 Å². The second-order valence-electron chi connectivity index (χ2n) is 9.15. The van der Waals surface area contributed by atoms with Gasteiger partial charge in [-0.05, 0) is 41.5 Å². The summed E-state index contributed by atoms with van der Waals surface area (Å²) in [5, 5.41) is 0. The van der Waals surface area contributed by atoms with Crippen molar-refractivity contribution < 1.29 is 19.1 Å². The van der Waals surface area contributed by atoms with E-state index in [0.717, 1.165) is 17.5 Å². The van der Waals surface area contributed by atoms with Crippen LogP contribution in [0.25, 0.3) is 0 Å². The summed E-state index contributed by atoms with van der Waals surface area (Å²) >= 11 is 0. The molecule has 3 aliphatic rings. The number of hydrogen-bond donors (Lipinski definition) is 0. The Morgan fingerprint density at radius 1 is 0.735 bits per heavy atom. The molecule has 34 heavy (non-hydrogen) atoms. The second-order valence-corrected chi connectivity index (χ2v) is 9.15. The van der Waals surface area contributed by atoms with E-state index in [1.165, 1.54) is 4.90 Å². The molecule has 1 saturated carbocycles. The second kappa shape index (κ2) is 8.10. The Hall–Kier alpha value is -3.99. The zero-order valence-electron chi connectivity index (χ0n) is 18.4. The van der Waals surface area contributed by atoms with Crippen molar-refractivity contribution in [3.63, 3.8) is 0 Å². The minimum absolute atomic E-state index is 0.117. The Labute approximate surface area is 197 Å². The third-order valence-corrected chi connectivity index (χ3v) is 7.29. The van der Waals surface area contributed by atoms with Crippen LogP contribution in [0, 0.1) is 23.7 Å². The number of ether oxygens (including phenoxy) is 1. The topological polar surface area (TPSA) is 63.7 Å². The van der Waals surface area contributed by atoms with Crippen molar-refractivity contribution >= 4 is 23.5 Å². The smallest absolute Gasteiger partial charge is 0.323 e. The highest BCUT2D eigenvalue weighted by Crippen LogP contribution is 2.54. The Kier molecular flexibility index (Phi) is 4.91. The summed E-state index contributed by atoms with van der Waals surface area (Å²) in [6.45, 7) is 0. The number of nitrogens with zero attached hydrogens (tertiary/aromatic N) is 1. The Morgan fingerprint density at radius 2 is 1.24 bits per heavy atom. The number of benzene rings is 3. The summed E-state index contributed by atoms with van der Waals surface area (Å²) in [5.41, 5.74) is 1.95. The molecule has 1 saturated heterocycles. The lowest BCUT2D eigenvalue weighted by Gasteiger charge is -2.22. The van der Waals surface area contributed by atoms with Crippen molar-refractivity contribution in [3.05, 3.63) is 108 Å². The van der Waals surface area contributed by atoms with Crippen LogP contribution in [0.1, 0.15) is 23.5 Å². The fraction of sp³-hybridized carbons (Fsp3) is 0.207. The number of carbonyl (C=O) groups is 3. The lowest BCUT2D eigenvalue weighted by atomic mass is 9.85. The Balaban J connectivity index is 1.34. The van der Waals surface area contributed by atoms with Crippen LogP contribution in [0.4, 0.5) is 5.69 Å². The first-order valence-corrected chi connectivity index (χ1v) is 11.6. The number of carbonyl (C=O) groups excluding carboxylic acids is 3. The first kappa shape index (κ1) is 20.6. The number of amides is 2. The minimum atomic E-state index is -0.639. The van der Waals surface area contributed by atoms with Gasteiger partial charge in [0.05, 0.1) is 17.5 Å². The zero-order chi connectivity index (χ0) is 23.2. The molecule has 0 spiro atoms. The lowest BCUT2D eigenvalue weighted by molar-refractivity contribution is -0.135. The third kappa shape index (κ3) is 3.19. The maximum atomic E-state index is 13.5. The molecule has 2 amide bonds. The Bertz CT molecular complexity index is 1230. The molecule has 3 aromatic carbocycles. The van der Waals surface area contributed by atoms with Crippen LogP contribution in [0.3, 0.4) is 0 Å². The molecule has 0 aromatic heterocycles. The summed E-state index contributed by atoms with van der Waals surface area (Å²) < 4.78 is 5.92. The van der Waals surface area contributed by atoms with Crippen LogP contribution in [0.5, 0.6) is 5.75 Å². The molecule has 6 rings (SSSR count). The highest BCUT2D eigenvalue weighted by Gasteiger charge is 2.60. The van der Waals surface area contributed by atoms with Gasteiger partial charge in [-0.2, -0.15) is 0 Å². The van der Waals surface area contributed by atoms with E-state index in [0.29, 0.717) is 5.69 Å². The predicted molar refractivity (Wildman–Crippen MR) is 127 cm³/mol. The maximum Gasteiger partial charge on any atom is 0.323 e. The molecule has 5 nitrogen and oxygen atoms in total. The van der Waals surface area contributed by atoms with Crippen LogP contribution in [0.15, 0.2) is 97.1 Å². The fourth-order valence-electron chi connectivity index (χ4n) is 5.79. The molecule has 4 unspecified atom stereocenters. The number of para-hydroxylation sites is 2. The molecule has 3 aromatic rings. The summed E-state index contributed by atoms with van der Waals surface area (Å²) in [4.78, 5) is 41.4. The fourth-order valence-corrected chi connectivity index (χ4v) is 5.79. The molecule has 4 atom stereocenters. The number of fused-ring (bicyclic) bond motifs is 5. The molecule has 5 heteroatoms. The molecule has 1 heterocycles. The molecule has 2 bridgehead atoms. The average Bonchev–Trinajstić information content (AvgIpc) is 3.55. The largest absolute Gasteiger partial charge is 0.424 e. The van der Waals surface area contributed by atoms with Crippen LogP contribution < -0.4 is 9.64 Å². The van der Waals surface area contributed by atoms with E-state index in [-0.39, 0.29) is 41.2 Å². The van der Waals surface area contributed by atoms with Gasteiger partial charge in [0.2, 0.25) is 11.8 Å². The molecule has 0 N–H and O–H groups in total. The highest BCUT2D eigenvalue weighted by molar-refractivity contribution is 6.23. The molecular weight excluding hydrogens is 426 g/mol. The maximum absolute atomic E-state index is 13.5. The van der Waals surface area contributed by atoms with Crippen molar-refractivity contribution in [2.75, 3.05) is 4.90 Å². The molecule has 1 aliphatic heterocycles. The van der Waals surface area contributed by atoms with E-state index in [9.17, 15) is 14.4 Å². The molecule has 2 fully saturated rings. The molecule has 0 radical (unpaired) electrons. The van der Waals surface area contributed by atoms with Crippen molar-refractivity contribution in [3.8, 4) is 5.75 Å². The van der Waals surface area contributed by atoms with Gasteiger partial charge in [-0.3, -0.25) is 14.4 Å². The average molecular weight is 450 g/mol. The van der Waals surface area contributed by atoms with Crippen molar-refractivity contribution in [1.82, 2.24) is 0 Å². The van der Waals surface area contributed by atoms with E-state index >= 15 is 0 Å². The van der Waals surface area contributed by atoms with E-state index in [1.807, 2.05) is 60.7 Å². The quantitative estimate of drug-likeness (QED) is 0.244. The SMILES string of the molecule is O=C(Oc1ccccc1N1C(=O)C2C3C=CC(C3)C2C1=O)C(c1ccccc1)c1ccccc1. The molecule has 2 aliphatic carbocycles. The van der Waals surface area contributed by atoms with Crippen molar-refractivity contribution in [2.24, 2.45) is 23.7 Å². The monoisotopic (exact) mass is 449 g/mol. The molecule has 168 valence electrons. The number of imide groups is 1. The summed E-state index contributed by atoms with van der Waals surface area (Å²) in [6, 6.07) is 25.7. The van der Waals surface area contributed by atoms with Gasteiger partial charge in [-0.1, -0.05) is 84.9 Å². The normalized spacial score (nSPS) is 24.7. The Morgan fingerprint density at radius 3 is 1.79 bits per heavy atom. The predicted octanol–water partition coefficient (Wildman–Crippen LogP) is 4.74. The van der Waals surface area contributed by atoms with Gasteiger partial charge in [0.25, 0.3) is 0 Å². The van der Waals surface area contributed by atoms with Gasteiger partial charge in [0.1, 0.15) is 5.92 Å². The van der Waals surface area contributed by atoms with Gasteiger partial charge in [0, 0.05) is 0 Å². The van der Waals surface area contributed by atoms with E-state index in [4.69, 9.17) is 4.74 Å². The first-order valence-electron chi connectivity index (χ1n) is 11.6. The molecular formula is C29H23NO4. The lowest BCUT2D eigenvalue weighted by Crippen LogP contribution is -2.33. The van der Waals surface area contributed by atoms with E-state index in [1.54, 1.807) is 24.3 Å². The van der Waals surface area contributed by atoms with Crippen LogP contribution in [-0.4, -0.2) is 17.8 Å². The van der Waals surface area contributed by atoms with Gasteiger partial charge in [0.15, 0.2) is 5.75 Å². The van der Waals surface area contributed by atoms with Gasteiger partial charge >= 0.3 is 5.97 Å². The summed E-state index contributed by atoms with van der Waals surface area (Å²) in [7, 11) is 0. The summed E-state index contributed by atoms with van der Waals surface area (Å²) in [5.74, 6) is -1.67. The zero-order valence-corrected chi connectivity index (χ0v) is 18.4. The van der Waals surface area contributed by atoms with Crippen LogP contribution in [-0.2, 0) is 14.4 Å². The number of rotatable bonds is 5. The van der Waals surface area contributed by atoms with Crippen molar-refractivity contribution in [2.45, 2.75) is 12.3 Å².